The van der Waals surface area contributed by atoms with Gasteiger partial charge in [-0.05, 0) is 42.7 Å². The molecule has 6 heteroatoms. The zero-order valence-electron chi connectivity index (χ0n) is 15.9. The van der Waals surface area contributed by atoms with Gasteiger partial charge < -0.3 is 10.2 Å². The molecule has 144 valence electrons. The summed E-state index contributed by atoms with van der Waals surface area (Å²) >= 11 is 0. The summed E-state index contributed by atoms with van der Waals surface area (Å²) in [7, 11) is 0. The van der Waals surface area contributed by atoms with Gasteiger partial charge in [-0.1, -0.05) is 30.3 Å². The third-order valence-electron chi connectivity index (χ3n) is 5.33. The Kier molecular flexibility index (Phi) is 4.86. The predicted octanol–water partition coefficient (Wildman–Crippen LogP) is 2.86. The zero-order chi connectivity index (χ0) is 19.7. The molecule has 0 spiro atoms. The second kappa shape index (κ2) is 7.46. The van der Waals surface area contributed by atoms with Gasteiger partial charge in [0, 0.05) is 24.3 Å². The van der Waals surface area contributed by atoms with Crippen LogP contribution in [0.15, 0.2) is 48.5 Å². The van der Waals surface area contributed by atoms with Crippen LogP contribution in [0.4, 0.5) is 11.4 Å². The smallest absolute Gasteiger partial charge is 0.252 e. The fraction of sp³-hybridized carbons (Fsp3) is 0.318. The third kappa shape index (κ3) is 3.50. The number of hydrogen-bond acceptors (Lipinski definition) is 4. The SMILES string of the molecule is Cc1cc(N[C@H]2CC(=O)N(Cc3ccccc3)C2=O)ccc1N1CCCC1=O. The first-order valence-corrected chi connectivity index (χ1v) is 9.58. The fourth-order valence-corrected chi connectivity index (χ4v) is 3.88. The maximum atomic E-state index is 12.7. The molecule has 2 aromatic carbocycles. The molecule has 6 nitrogen and oxygen atoms in total. The van der Waals surface area contributed by atoms with Crippen LogP contribution in [0.3, 0.4) is 0 Å². The first-order valence-electron chi connectivity index (χ1n) is 9.58. The first kappa shape index (κ1) is 18.2. The molecule has 1 N–H and O–H groups in total. The molecule has 0 aromatic heterocycles. The van der Waals surface area contributed by atoms with E-state index in [2.05, 4.69) is 5.32 Å². The number of hydrogen-bond donors (Lipinski definition) is 1. The minimum atomic E-state index is -0.560. The molecule has 0 radical (unpaired) electrons. The van der Waals surface area contributed by atoms with Gasteiger partial charge in [-0.3, -0.25) is 19.3 Å². The molecular formula is C22H23N3O3. The molecule has 28 heavy (non-hydrogen) atoms. The molecule has 1 atom stereocenters. The van der Waals surface area contributed by atoms with Gasteiger partial charge in [-0.2, -0.15) is 0 Å². The first-order chi connectivity index (χ1) is 13.5. The Bertz CT molecular complexity index is 926. The molecule has 3 amide bonds. The molecule has 0 saturated carbocycles. The molecule has 2 aliphatic rings. The van der Waals surface area contributed by atoms with Crippen LogP contribution in [-0.2, 0) is 20.9 Å². The van der Waals surface area contributed by atoms with Crippen LogP contribution in [0.5, 0.6) is 0 Å². The van der Waals surface area contributed by atoms with E-state index in [0.717, 1.165) is 35.5 Å². The van der Waals surface area contributed by atoms with E-state index in [1.807, 2.05) is 60.4 Å². The number of rotatable bonds is 5. The molecule has 2 fully saturated rings. The van der Waals surface area contributed by atoms with Crippen molar-refractivity contribution < 1.29 is 14.4 Å². The Morgan fingerprint density at radius 3 is 2.50 bits per heavy atom. The number of likely N-dealkylation sites (tertiary alicyclic amines) is 1. The van der Waals surface area contributed by atoms with Gasteiger partial charge in [0.15, 0.2) is 0 Å². The average Bonchev–Trinajstić information content (AvgIpc) is 3.21. The van der Waals surface area contributed by atoms with Crippen LogP contribution in [0.2, 0.25) is 0 Å². The van der Waals surface area contributed by atoms with E-state index in [0.29, 0.717) is 13.0 Å². The van der Waals surface area contributed by atoms with Gasteiger partial charge in [0.25, 0.3) is 5.91 Å². The van der Waals surface area contributed by atoms with Crippen molar-refractivity contribution in [3.05, 3.63) is 59.7 Å². The summed E-state index contributed by atoms with van der Waals surface area (Å²) in [6.45, 7) is 3.00. The van der Waals surface area contributed by atoms with Crippen molar-refractivity contribution in [1.82, 2.24) is 4.90 Å². The number of amides is 3. The summed E-state index contributed by atoms with van der Waals surface area (Å²) in [6.07, 6.45) is 1.63. The van der Waals surface area contributed by atoms with Gasteiger partial charge in [0.2, 0.25) is 11.8 Å². The quantitative estimate of drug-likeness (QED) is 0.814. The number of aryl methyl sites for hydroxylation is 1. The number of carbonyl (C=O) groups is 3. The van der Waals surface area contributed by atoms with Crippen molar-refractivity contribution in [1.29, 1.82) is 0 Å². The second-order valence-corrected chi connectivity index (χ2v) is 7.35. The Morgan fingerprint density at radius 2 is 1.82 bits per heavy atom. The number of carbonyl (C=O) groups excluding carboxylic acids is 3. The van der Waals surface area contributed by atoms with E-state index in [9.17, 15) is 14.4 Å². The lowest BCUT2D eigenvalue weighted by atomic mass is 10.1. The lowest BCUT2D eigenvalue weighted by Crippen LogP contribution is -2.34. The molecule has 2 saturated heterocycles. The fourth-order valence-electron chi connectivity index (χ4n) is 3.88. The second-order valence-electron chi connectivity index (χ2n) is 7.35. The minimum absolute atomic E-state index is 0.150. The van der Waals surface area contributed by atoms with Crippen LogP contribution in [0.1, 0.15) is 30.4 Å². The monoisotopic (exact) mass is 377 g/mol. The van der Waals surface area contributed by atoms with Gasteiger partial charge in [0.1, 0.15) is 6.04 Å². The van der Waals surface area contributed by atoms with E-state index < -0.39 is 6.04 Å². The maximum absolute atomic E-state index is 12.7. The van der Waals surface area contributed by atoms with Crippen LogP contribution in [0, 0.1) is 6.92 Å². The van der Waals surface area contributed by atoms with Crippen molar-refractivity contribution in [2.24, 2.45) is 0 Å². The number of nitrogens with zero attached hydrogens (tertiary/aromatic N) is 2. The van der Waals surface area contributed by atoms with E-state index >= 15 is 0 Å². The maximum Gasteiger partial charge on any atom is 0.252 e. The minimum Gasteiger partial charge on any atom is -0.373 e. The highest BCUT2D eigenvalue weighted by molar-refractivity contribution is 6.06. The van der Waals surface area contributed by atoms with Gasteiger partial charge in [-0.15, -0.1) is 0 Å². The molecule has 2 aromatic rings. The molecule has 0 bridgehead atoms. The Labute approximate surface area is 164 Å². The van der Waals surface area contributed by atoms with Crippen molar-refractivity contribution in [2.75, 3.05) is 16.8 Å². The van der Waals surface area contributed by atoms with Crippen molar-refractivity contribution in [2.45, 2.75) is 38.8 Å². The lowest BCUT2D eigenvalue weighted by molar-refractivity contribution is -0.139. The van der Waals surface area contributed by atoms with Crippen molar-refractivity contribution in [3.8, 4) is 0 Å². The normalized spacial score (nSPS) is 19.6. The summed E-state index contributed by atoms with van der Waals surface area (Å²) in [5.74, 6) is -0.218. The molecule has 2 heterocycles. The van der Waals surface area contributed by atoms with Gasteiger partial charge in [0.05, 0.1) is 13.0 Å². The number of benzene rings is 2. The van der Waals surface area contributed by atoms with E-state index in [1.54, 1.807) is 0 Å². The van der Waals surface area contributed by atoms with E-state index in [1.165, 1.54) is 4.90 Å². The average molecular weight is 377 g/mol. The molecule has 0 aliphatic carbocycles. The highest BCUT2D eigenvalue weighted by atomic mass is 16.2. The highest BCUT2D eigenvalue weighted by Crippen LogP contribution is 2.28. The summed E-state index contributed by atoms with van der Waals surface area (Å²) in [6, 6.07) is 14.6. The highest BCUT2D eigenvalue weighted by Gasteiger charge is 2.38. The van der Waals surface area contributed by atoms with Gasteiger partial charge >= 0.3 is 0 Å². The summed E-state index contributed by atoms with van der Waals surface area (Å²) in [5.41, 5.74) is 3.59. The molecule has 2 aliphatic heterocycles. The zero-order valence-corrected chi connectivity index (χ0v) is 15.9. The molecule has 0 unspecified atom stereocenters. The summed E-state index contributed by atoms with van der Waals surface area (Å²) in [5, 5.41) is 3.19. The Balaban J connectivity index is 1.45. The molecule has 4 rings (SSSR count). The van der Waals surface area contributed by atoms with Crippen molar-refractivity contribution >= 4 is 29.1 Å². The standard InChI is InChI=1S/C22H23N3O3/c1-15-12-17(9-10-19(15)24-11-5-8-20(24)26)23-18-13-21(27)25(22(18)28)14-16-6-3-2-4-7-16/h2-4,6-7,9-10,12,18,23H,5,8,11,13-14H2,1H3/t18-/m0/s1. The summed E-state index contributed by atoms with van der Waals surface area (Å²) in [4.78, 5) is 40.2. The van der Waals surface area contributed by atoms with Crippen LogP contribution in [0.25, 0.3) is 0 Å². The van der Waals surface area contributed by atoms with Crippen LogP contribution in [-0.4, -0.2) is 35.2 Å². The summed E-state index contributed by atoms with van der Waals surface area (Å²) < 4.78 is 0. The largest absolute Gasteiger partial charge is 0.373 e. The number of imide groups is 1. The molecular weight excluding hydrogens is 354 g/mol. The topological polar surface area (TPSA) is 69.7 Å². The number of anilines is 2. The van der Waals surface area contributed by atoms with Crippen molar-refractivity contribution in [3.63, 3.8) is 0 Å². The number of nitrogens with one attached hydrogen (secondary N) is 1. The predicted molar refractivity (Wildman–Crippen MR) is 107 cm³/mol. The Morgan fingerprint density at radius 1 is 1.04 bits per heavy atom. The lowest BCUT2D eigenvalue weighted by Gasteiger charge is -2.20. The van der Waals surface area contributed by atoms with E-state index in [4.69, 9.17) is 0 Å². The van der Waals surface area contributed by atoms with E-state index in [-0.39, 0.29) is 24.1 Å². The van der Waals surface area contributed by atoms with Gasteiger partial charge in [-0.25, -0.2) is 0 Å². The Hall–Kier alpha value is -3.15. The van der Waals surface area contributed by atoms with Crippen LogP contribution < -0.4 is 10.2 Å². The van der Waals surface area contributed by atoms with Crippen LogP contribution >= 0.6 is 0 Å². The third-order valence-corrected chi connectivity index (χ3v) is 5.33.